The molecule has 1 saturated heterocycles. The summed E-state index contributed by atoms with van der Waals surface area (Å²) in [5, 5.41) is 7.84. The van der Waals surface area contributed by atoms with E-state index < -0.39 is 0 Å². The third-order valence-corrected chi connectivity index (χ3v) is 2.11. The highest BCUT2D eigenvalue weighted by Gasteiger charge is 2.19. The Hall–Kier alpha value is -1.16. The molecule has 0 aromatic carbocycles. The van der Waals surface area contributed by atoms with Crippen LogP contribution < -0.4 is 10.6 Å². The number of aromatic nitrogens is 2. The molecule has 0 bridgehead atoms. The second-order valence-corrected chi connectivity index (χ2v) is 3.08. The van der Waals surface area contributed by atoms with Gasteiger partial charge in [-0.2, -0.15) is 5.10 Å². The van der Waals surface area contributed by atoms with Crippen LogP contribution in [0.25, 0.3) is 0 Å². The molecule has 0 saturated carbocycles. The van der Waals surface area contributed by atoms with Gasteiger partial charge in [0.25, 0.3) is 0 Å². The van der Waals surface area contributed by atoms with Gasteiger partial charge >= 0.3 is 0 Å². The van der Waals surface area contributed by atoms with Gasteiger partial charge < -0.3 is 10.6 Å². The molecular weight excluding hydrogens is 152 g/mol. The number of nitrogens with two attached hydrogens (primary N) is 1. The molecule has 1 atom stereocenters. The molecule has 1 aliphatic rings. The lowest BCUT2D eigenvalue weighted by atomic mass is 10.3. The van der Waals surface area contributed by atoms with Crippen molar-refractivity contribution in [2.24, 2.45) is 5.73 Å². The fourth-order valence-electron chi connectivity index (χ4n) is 1.46. The van der Waals surface area contributed by atoms with Crippen LogP contribution in [0.4, 0.5) is 5.82 Å². The van der Waals surface area contributed by atoms with Crippen molar-refractivity contribution in [3.8, 4) is 0 Å². The van der Waals surface area contributed by atoms with Gasteiger partial charge in [0.05, 0.1) is 0 Å². The number of anilines is 1. The maximum absolute atomic E-state index is 5.77. The molecule has 4 heteroatoms. The molecule has 0 aliphatic carbocycles. The normalized spacial score (nSPS) is 23.1. The lowest BCUT2D eigenvalue weighted by molar-refractivity contribution is 0.750. The molecule has 1 aromatic heterocycles. The Morgan fingerprint density at radius 1 is 1.58 bits per heavy atom. The Morgan fingerprint density at radius 3 is 3.08 bits per heavy atom. The van der Waals surface area contributed by atoms with E-state index in [-0.39, 0.29) is 0 Å². The van der Waals surface area contributed by atoms with Gasteiger partial charge in [0, 0.05) is 25.3 Å². The predicted molar refractivity (Wildman–Crippen MR) is 46.8 cm³/mol. The summed E-state index contributed by atoms with van der Waals surface area (Å²) in [5.74, 6) is 0.936. The third kappa shape index (κ3) is 1.38. The van der Waals surface area contributed by atoms with Crippen molar-refractivity contribution < 1.29 is 0 Å². The number of rotatable bonds is 1. The van der Waals surface area contributed by atoms with Gasteiger partial charge in [0.2, 0.25) is 0 Å². The maximum atomic E-state index is 5.77. The van der Waals surface area contributed by atoms with Gasteiger partial charge in [-0.15, -0.1) is 5.10 Å². The number of hydrogen-bond donors (Lipinski definition) is 1. The number of hydrogen-bond acceptors (Lipinski definition) is 4. The molecule has 2 N–H and O–H groups in total. The lowest BCUT2D eigenvalue weighted by Gasteiger charge is -2.14. The van der Waals surface area contributed by atoms with Crippen molar-refractivity contribution >= 4 is 5.82 Å². The number of nitrogens with zero attached hydrogens (tertiary/aromatic N) is 3. The first-order chi connectivity index (χ1) is 5.86. The molecule has 2 heterocycles. The highest BCUT2D eigenvalue weighted by molar-refractivity contribution is 5.37. The summed E-state index contributed by atoms with van der Waals surface area (Å²) in [6.45, 7) is 1.90. The van der Waals surface area contributed by atoms with Crippen LogP contribution in [0.5, 0.6) is 0 Å². The van der Waals surface area contributed by atoms with Crippen molar-refractivity contribution in [1.29, 1.82) is 0 Å². The molecule has 2 rings (SSSR count). The molecule has 64 valence electrons. The standard InChI is InChI=1S/C8H12N4/c9-7-3-5-12(6-7)8-2-1-4-10-11-8/h1-2,4,7H,3,5-6,9H2/t7-/m0/s1. The minimum atomic E-state index is 0.298. The van der Waals surface area contributed by atoms with Crippen LogP contribution in [0, 0.1) is 0 Å². The minimum absolute atomic E-state index is 0.298. The van der Waals surface area contributed by atoms with E-state index in [4.69, 9.17) is 5.73 Å². The molecule has 0 radical (unpaired) electrons. The summed E-state index contributed by atoms with van der Waals surface area (Å²) >= 11 is 0. The predicted octanol–water partition coefficient (Wildman–Crippen LogP) is 0.0140. The fraction of sp³-hybridized carbons (Fsp3) is 0.500. The quantitative estimate of drug-likeness (QED) is 0.635. The van der Waals surface area contributed by atoms with Gasteiger partial charge in [-0.1, -0.05) is 0 Å². The molecule has 1 aliphatic heterocycles. The Labute approximate surface area is 71.4 Å². The second kappa shape index (κ2) is 3.06. The van der Waals surface area contributed by atoms with Crippen LogP contribution in [0.3, 0.4) is 0 Å². The maximum Gasteiger partial charge on any atom is 0.151 e. The van der Waals surface area contributed by atoms with Crippen molar-refractivity contribution in [2.75, 3.05) is 18.0 Å². The summed E-state index contributed by atoms with van der Waals surface area (Å²) in [5.41, 5.74) is 5.77. The Kier molecular flexibility index (Phi) is 1.91. The molecule has 0 spiro atoms. The molecule has 12 heavy (non-hydrogen) atoms. The zero-order chi connectivity index (χ0) is 8.39. The van der Waals surface area contributed by atoms with Crippen molar-refractivity contribution in [1.82, 2.24) is 10.2 Å². The van der Waals surface area contributed by atoms with E-state index in [1.54, 1.807) is 6.20 Å². The zero-order valence-corrected chi connectivity index (χ0v) is 6.85. The molecule has 0 amide bonds. The van der Waals surface area contributed by atoms with E-state index >= 15 is 0 Å². The van der Waals surface area contributed by atoms with Gasteiger partial charge in [-0.25, -0.2) is 0 Å². The van der Waals surface area contributed by atoms with E-state index in [2.05, 4.69) is 15.1 Å². The van der Waals surface area contributed by atoms with E-state index in [1.165, 1.54) is 0 Å². The first-order valence-corrected chi connectivity index (χ1v) is 4.14. The van der Waals surface area contributed by atoms with Crippen molar-refractivity contribution in [2.45, 2.75) is 12.5 Å². The van der Waals surface area contributed by atoms with E-state index in [1.807, 2.05) is 12.1 Å². The van der Waals surface area contributed by atoms with Gasteiger partial charge in [-0.3, -0.25) is 0 Å². The summed E-state index contributed by atoms with van der Waals surface area (Å²) in [7, 11) is 0. The van der Waals surface area contributed by atoms with Crippen LogP contribution in [-0.2, 0) is 0 Å². The van der Waals surface area contributed by atoms with Crippen LogP contribution in [0.1, 0.15) is 6.42 Å². The first kappa shape index (κ1) is 7.49. The lowest BCUT2D eigenvalue weighted by Crippen LogP contribution is -2.26. The second-order valence-electron chi connectivity index (χ2n) is 3.08. The average Bonchev–Trinajstić information content (AvgIpc) is 2.54. The van der Waals surface area contributed by atoms with E-state index in [0.717, 1.165) is 25.3 Å². The monoisotopic (exact) mass is 164 g/mol. The molecular formula is C8H12N4. The fourth-order valence-corrected chi connectivity index (χ4v) is 1.46. The Balaban J connectivity index is 2.11. The van der Waals surface area contributed by atoms with Crippen LogP contribution in [0.2, 0.25) is 0 Å². The van der Waals surface area contributed by atoms with Gasteiger partial charge in [0.1, 0.15) is 0 Å². The zero-order valence-electron chi connectivity index (χ0n) is 6.85. The van der Waals surface area contributed by atoms with Crippen molar-refractivity contribution in [3.63, 3.8) is 0 Å². The highest BCUT2D eigenvalue weighted by atomic mass is 15.3. The summed E-state index contributed by atoms with van der Waals surface area (Å²) < 4.78 is 0. The highest BCUT2D eigenvalue weighted by Crippen LogP contribution is 2.14. The van der Waals surface area contributed by atoms with Crippen molar-refractivity contribution in [3.05, 3.63) is 18.3 Å². The van der Waals surface area contributed by atoms with Crippen LogP contribution in [-0.4, -0.2) is 29.3 Å². The van der Waals surface area contributed by atoms with Gasteiger partial charge in [0.15, 0.2) is 5.82 Å². The van der Waals surface area contributed by atoms with Gasteiger partial charge in [-0.05, 0) is 18.6 Å². The summed E-state index contributed by atoms with van der Waals surface area (Å²) in [6.07, 6.45) is 2.73. The topological polar surface area (TPSA) is 55.0 Å². The summed E-state index contributed by atoms with van der Waals surface area (Å²) in [4.78, 5) is 2.16. The molecule has 0 unspecified atom stereocenters. The minimum Gasteiger partial charge on any atom is -0.354 e. The SMILES string of the molecule is N[C@H]1CCN(c2cccnn2)C1. The Morgan fingerprint density at radius 2 is 2.50 bits per heavy atom. The van der Waals surface area contributed by atoms with E-state index in [0.29, 0.717) is 6.04 Å². The average molecular weight is 164 g/mol. The Bertz CT molecular complexity index is 248. The summed E-state index contributed by atoms with van der Waals surface area (Å²) in [6, 6.07) is 4.16. The first-order valence-electron chi connectivity index (χ1n) is 4.14. The smallest absolute Gasteiger partial charge is 0.151 e. The molecule has 1 fully saturated rings. The largest absolute Gasteiger partial charge is 0.354 e. The van der Waals surface area contributed by atoms with E-state index in [9.17, 15) is 0 Å². The van der Waals surface area contributed by atoms with Crippen LogP contribution >= 0.6 is 0 Å². The third-order valence-electron chi connectivity index (χ3n) is 2.11. The molecule has 4 nitrogen and oxygen atoms in total. The van der Waals surface area contributed by atoms with Crippen LogP contribution in [0.15, 0.2) is 18.3 Å². The molecule has 1 aromatic rings.